The number of aromatic nitrogens is 1. The zero-order valence-corrected chi connectivity index (χ0v) is 19.7. The lowest BCUT2D eigenvalue weighted by Gasteiger charge is -2.34. The number of nitrogens with zero attached hydrogens (tertiary/aromatic N) is 3. The lowest BCUT2D eigenvalue weighted by atomic mass is 10.0. The van der Waals surface area contributed by atoms with Crippen LogP contribution < -0.4 is 5.73 Å². The summed E-state index contributed by atoms with van der Waals surface area (Å²) in [5.41, 5.74) is 7.05. The summed E-state index contributed by atoms with van der Waals surface area (Å²) in [4.78, 5) is 23.5. The molecule has 0 aliphatic carbocycles. The van der Waals surface area contributed by atoms with Crippen LogP contribution >= 0.6 is 22.9 Å². The Hall–Kier alpha value is -1.99. The smallest absolute Gasteiger partial charge is 0.173 e. The lowest BCUT2D eigenvalue weighted by Crippen LogP contribution is -2.41. The maximum Gasteiger partial charge on any atom is 0.173 e. The van der Waals surface area contributed by atoms with E-state index in [0.29, 0.717) is 29.7 Å². The molecule has 1 saturated heterocycles. The molecule has 0 atom stereocenters. The van der Waals surface area contributed by atoms with Gasteiger partial charge in [-0.3, -0.25) is 9.69 Å². The Morgan fingerprint density at radius 1 is 1.29 bits per heavy atom. The molecule has 0 amide bonds. The first kappa shape index (κ1) is 22.2. The fourth-order valence-corrected chi connectivity index (χ4v) is 5.66. The highest BCUT2D eigenvalue weighted by atomic mass is 35.5. The molecular formula is C24H29ClN4OS. The number of carbonyl (C=O) groups excluding carboxylic acids is 1. The predicted octanol–water partition coefficient (Wildman–Crippen LogP) is 4.87. The SMILES string of the molecule is CN1CCC(N(C)Cc2sc(C(=O)CCc3ccc4c(N)nccc4c3)cc2Cl)CC1. The van der Waals surface area contributed by atoms with Crippen LogP contribution in [0.4, 0.5) is 5.82 Å². The lowest BCUT2D eigenvalue weighted by molar-refractivity contribution is 0.0986. The first-order valence-electron chi connectivity index (χ1n) is 10.7. The van der Waals surface area contributed by atoms with Crippen LogP contribution in [0.3, 0.4) is 0 Å². The van der Waals surface area contributed by atoms with Gasteiger partial charge < -0.3 is 10.6 Å². The third kappa shape index (κ3) is 5.26. The van der Waals surface area contributed by atoms with Gasteiger partial charge >= 0.3 is 0 Å². The number of thiophene rings is 1. The van der Waals surface area contributed by atoms with Gasteiger partial charge in [0, 0.05) is 35.5 Å². The molecule has 3 heterocycles. The van der Waals surface area contributed by atoms with Crippen molar-refractivity contribution in [2.45, 2.75) is 38.3 Å². The summed E-state index contributed by atoms with van der Waals surface area (Å²) in [6.45, 7) is 3.06. The number of Topliss-reactive ketones (excluding diaryl/α,β-unsaturated/α-hetero) is 1. The summed E-state index contributed by atoms with van der Waals surface area (Å²) < 4.78 is 0. The van der Waals surface area contributed by atoms with E-state index in [0.717, 1.165) is 45.7 Å². The monoisotopic (exact) mass is 456 g/mol. The van der Waals surface area contributed by atoms with Crippen LogP contribution in [-0.2, 0) is 13.0 Å². The number of pyridine rings is 1. The number of likely N-dealkylation sites (tertiary alicyclic amines) is 1. The Morgan fingerprint density at radius 2 is 2.06 bits per heavy atom. The summed E-state index contributed by atoms with van der Waals surface area (Å²) in [5, 5.41) is 2.71. The number of hydrogen-bond donors (Lipinski definition) is 1. The van der Waals surface area contributed by atoms with E-state index in [1.165, 1.54) is 12.8 Å². The number of nitrogen functional groups attached to an aromatic ring is 1. The number of fused-ring (bicyclic) bond motifs is 1. The molecule has 0 unspecified atom stereocenters. The summed E-state index contributed by atoms with van der Waals surface area (Å²) in [6, 6.07) is 10.5. The minimum Gasteiger partial charge on any atom is -0.383 e. The number of hydrogen-bond acceptors (Lipinski definition) is 6. The van der Waals surface area contributed by atoms with Crippen molar-refractivity contribution in [3.8, 4) is 0 Å². The van der Waals surface area contributed by atoms with Crippen LogP contribution in [0.5, 0.6) is 0 Å². The molecule has 1 aromatic carbocycles. The van der Waals surface area contributed by atoms with E-state index in [4.69, 9.17) is 17.3 Å². The van der Waals surface area contributed by atoms with Gasteiger partial charge in [0.1, 0.15) is 5.82 Å². The average Bonchev–Trinajstić information content (AvgIpc) is 3.13. The molecule has 0 bridgehead atoms. The van der Waals surface area contributed by atoms with Gasteiger partial charge in [-0.15, -0.1) is 11.3 Å². The highest BCUT2D eigenvalue weighted by Gasteiger charge is 2.22. The number of halogens is 1. The Labute approximate surface area is 192 Å². The highest BCUT2D eigenvalue weighted by molar-refractivity contribution is 7.14. The zero-order valence-electron chi connectivity index (χ0n) is 18.1. The number of nitrogens with two attached hydrogens (primary N) is 1. The Balaban J connectivity index is 1.37. The summed E-state index contributed by atoms with van der Waals surface area (Å²) in [5.74, 6) is 0.681. The van der Waals surface area contributed by atoms with E-state index in [9.17, 15) is 4.79 Å². The van der Waals surface area contributed by atoms with Crippen LogP contribution in [-0.4, -0.2) is 53.8 Å². The van der Waals surface area contributed by atoms with Crippen molar-refractivity contribution in [1.82, 2.24) is 14.8 Å². The number of aryl methyl sites for hydroxylation is 1. The van der Waals surface area contributed by atoms with Crippen LogP contribution in [0, 0.1) is 0 Å². The van der Waals surface area contributed by atoms with Gasteiger partial charge in [0.2, 0.25) is 0 Å². The van der Waals surface area contributed by atoms with Crippen molar-refractivity contribution < 1.29 is 4.79 Å². The van der Waals surface area contributed by atoms with Crippen LogP contribution in [0.1, 0.15) is 39.4 Å². The van der Waals surface area contributed by atoms with E-state index in [1.807, 2.05) is 24.3 Å². The van der Waals surface area contributed by atoms with Crippen molar-refractivity contribution in [2.75, 3.05) is 32.9 Å². The third-order valence-corrected chi connectivity index (χ3v) is 7.85. The van der Waals surface area contributed by atoms with Gasteiger partial charge in [0.05, 0.1) is 9.90 Å². The van der Waals surface area contributed by atoms with E-state index < -0.39 is 0 Å². The zero-order chi connectivity index (χ0) is 22.0. The van der Waals surface area contributed by atoms with Crippen molar-refractivity contribution >= 4 is 45.3 Å². The number of rotatable bonds is 7. The van der Waals surface area contributed by atoms with E-state index >= 15 is 0 Å². The molecular weight excluding hydrogens is 428 g/mol. The molecule has 31 heavy (non-hydrogen) atoms. The predicted molar refractivity (Wildman–Crippen MR) is 130 cm³/mol. The number of ketones is 1. The fraction of sp³-hybridized carbons (Fsp3) is 0.417. The van der Waals surface area contributed by atoms with Gasteiger partial charge in [-0.05, 0) is 69.5 Å². The van der Waals surface area contributed by atoms with Crippen molar-refractivity contribution in [3.63, 3.8) is 0 Å². The highest BCUT2D eigenvalue weighted by Crippen LogP contribution is 2.31. The quantitative estimate of drug-likeness (QED) is 0.513. The van der Waals surface area contributed by atoms with Crippen LogP contribution in [0.2, 0.25) is 5.02 Å². The molecule has 7 heteroatoms. The van der Waals surface area contributed by atoms with Crippen molar-refractivity contribution in [3.05, 3.63) is 56.9 Å². The first-order chi connectivity index (χ1) is 14.9. The Bertz CT molecular complexity index is 1070. The van der Waals surface area contributed by atoms with Gasteiger partial charge in [-0.1, -0.05) is 29.8 Å². The largest absolute Gasteiger partial charge is 0.383 e. The standard InChI is InChI=1S/C24H29ClN4OS/c1-28-11-8-18(9-12-28)29(2)15-23-20(25)14-22(31-23)21(30)6-4-16-3-5-19-17(13-16)7-10-27-24(19)26/h3,5,7,10,13-14,18H,4,6,8-9,11-12,15H2,1-2H3,(H2,26,27). The van der Waals surface area contributed by atoms with Crippen molar-refractivity contribution in [2.24, 2.45) is 0 Å². The first-order valence-corrected chi connectivity index (χ1v) is 11.9. The Morgan fingerprint density at radius 3 is 2.84 bits per heavy atom. The van der Waals surface area contributed by atoms with E-state index in [2.05, 4.69) is 34.9 Å². The van der Waals surface area contributed by atoms with Crippen molar-refractivity contribution in [1.29, 1.82) is 0 Å². The second-order valence-corrected chi connectivity index (χ2v) is 10.1. The van der Waals surface area contributed by atoms with Crippen LogP contribution in [0.15, 0.2) is 36.5 Å². The molecule has 3 aromatic rings. The summed E-state index contributed by atoms with van der Waals surface area (Å²) in [6.07, 6.45) is 5.22. The molecule has 0 radical (unpaired) electrons. The summed E-state index contributed by atoms with van der Waals surface area (Å²) >= 11 is 8.04. The topological polar surface area (TPSA) is 62.5 Å². The molecule has 2 aromatic heterocycles. The van der Waals surface area contributed by atoms with Crippen LogP contribution in [0.25, 0.3) is 10.8 Å². The number of benzene rings is 1. The molecule has 2 N–H and O–H groups in total. The average molecular weight is 457 g/mol. The summed E-state index contributed by atoms with van der Waals surface area (Å²) in [7, 11) is 4.34. The van der Waals surface area contributed by atoms with Gasteiger partial charge in [-0.25, -0.2) is 4.98 Å². The minimum atomic E-state index is 0.148. The van der Waals surface area contributed by atoms with Gasteiger partial charge in [0.25, 0.3) is 0 Å². The molecule has 0 saturated carbocycles. The van der Waals surface area contributed by atoms with E-state index in [-0.39, 0.29) is 5.78 Å². The molecule has 1 fully saturated rings. The van der Waals surface area contributed by atoms with Gasteiger partial charge in [0.15, 0.2) is 5.78 Å². The molecule has 0 spiro atoms. The molecule has 1 aliphatic rings. The minimum absolute atomic E-state index is 0.148. The maximum atomic E-state index is 12.8. The molecule has 164 valence electrons. The molecule has 1 aliphatic heterocycles. The number of anilines is 1. The Kier molecular flexibility index (Phi) is 6.92. The number of carbonyl (C=O) groups is 1. The second-order valence-electron chi connectivity index (χ2n) is 8.51. The fourth-order valence-electron chi connectivity index (χ4n) is 4.23. The molecule has 4 rings (SSSR count). The number of piperidine rings is 1. The van der Waals surface area contributed by atoms with E-state index in [1.54, 1.807) is 17.5 Å². The third-order valence-electron chi connectivity index (χ3n) is 6.24. The molecule has 5 nitrogen and oxygen atoms in total. The maximum absolute atomic E-state index is 12.8. The van der Waals surface area contributed by atoms with Gasteiger partial charge in [-0.2, -0.15) is 0 Å². The normalized spacial score (nSPS) is 15.7. The second kappa shape index (κ2) is 9.65.